The van der Waals surface area contributed by atoms with Gasteiger partial charge < -0.3 is 5.32 Å². The van der Waals surface area contributed by atoms with Gasteiger partial charge in [0.05, 0.1) is 0 Å². The summed E-state index contributed by atoms with van der Waals surface area (Å²) in [4.78, 5) is 0. The molecular weight excluding hydrogens is 150 g/mol. The molecule has 3 N–H and O–H groups in total. The molecule has 0 bridgehead atoms. The van der Waals surface area contributed by atoms with Crippen molar-refractivity contribution in [3.63, 3.8) is 0 Å². The highest BCUT2D eigenvalue weighted by atomic mass is 32.2. The van der Waals surface area contributed by atoms with E-state index >= 15 is 0 Å². The zero-order valence-corrected chi connectivity index (χ0v) is 7.28. The lowest BCUT2D eigenvalue weighted by atomic mass is 10.6. The van der Waals surface area contributed by atoms with Gasteiger partial charge in [-0.2, -0.15) is 0 Å². The van der Waals surface area contributed by atoms with Crippen molar-refractivity contribution in [3.8, 4) is 0 Å². The fraction of sp³-hybridized carbons (Fsp3) is 1.00. The third kappa shape index (κ3) is 6.31. The molecule has 0 rings (SSSR count). The van der Waals surface area contributed by atoms with Gasteiger partial charge in [-0.15, -0.1) is 0 Å². The molecule has 0 saturated heterocycles. The second-order valence-corrected chi connectivity index (χ2v) is 2.84. The Morgan fingerprint density at radius 3 is 2.90 bits per heavy atom. The normalized spacial score (nSPS) is 10.8. The zero-order valence-electron chi connectivity index (χ0n) is 6.46. The van der Waals surface area contributed by atoms with Crippen LogP contribution < -0.4 is 11.2 Å². The number of nitrogens with zero attached hydrogens (tertiary/aromatic N) is 1. The fourth-order valence-corrected chi connectivity index (χ4v) is 0.837. The molecule has 0 amide bonds. The van der Waals surface area contributed by atoms with Gasteiger partial charge in [-0.25, -0.2) is 14.5 Å². The molecule has 0 aromatic carbocycles. The highest BCUT2D eigenvalue weighted by molar-refractivity contribution is 7.92. The van der Waals surface area contributed by atoms with Gasteiger partial charge in [-0.1, -0.05) is 6.92 Å². The third-order valence-corrected chi connectivity index (χ3v) is 1.55. The Kier molecular flexibility index (Phi) is 7.44. The Bertz CT molecular complexity index is 73.9. The van der Waals surface area contributed by atoms with Gasteiger partial charge in [-0.05, 0) is 13.6 Å². The van der Waals surface area contributed by atoms with Crippen molar-refractivity contribution < 1.29 is 4.28 Å². The SMILES string of the molecule is CCNCCN(C)SON. The van der Waals surface area contributed by atoms with E-state index in [4.69, 9.17) is 5.90 Å². The van der Waals surface area contributed by atoms with E-state index < -0.39 is 0 Å². The first-order chi connectivity index (χ1) is 4.81. The maximum atomic E-state index is 4.83. The van der Waals surface area contributed by atoms with E-state index in [0.29, 0.717) is 0 Å². The highest BCUT2D eigenvalue weighted by Gasteiger charge is 1.95. The standard InChI is InChI=1S/C5H15N3OS/c1-3-7-4-5-8(2)10-9-6/h7H,3-6H2,1-2H3. The Morgan fingerprint density at radius 2 is 2.40 bits per heavy atom. The summed E-state index contributed by atoms with van der Waals surface area (Å²) in [6.07, 6.45) is 0. The summed E-state index contributed by atoms with van der Waals surface area (Å²) >= 11 is 1.15. The first-order valence-electron chi connectivity index (χ1n) is 3.26. The van der Waals surface area contributed by atoms with Gasteiger partial charge >= 0.3 is 0 Å². The van der Waals surface area contributed by atoms with Crippen LogP contribution in [-0.2, 0) is 4.28 Å². The van der Waals surface area contributed by atoms with Crippen LogP contribution in [0.3, 0.4) is 0 Å². The Balaban J connectivity index is 2.97. The quantitative estimate of drug-likeness (QED) is 0.251. The molecule has 0 saturated carbocycles. The summed E-state index contributed by atoms with van der Waals surface area (Å²) in [6, 6.07) is 0. The van der Waals surface area contributed by atoms with Crippen molar-refractivity contribution in [3.05, 3.63) is 0 Å². The van der Waals surface area contributed by atoms with Crippen LogP contribution in [-0.4, -0.2) is 31.0 Å². The number of rotatable bonds is 6. The summed E-state index contributed by atoms with van der Waals surface area (Å²) in [5, 5.41) is 3.19. The topological polar surface area (TPSA) is 50.5 Å². The molecule has 0 heterocycles. The lowest BCUT2D eigenvalue weighted by Crippen LogP contribution is -2.25. The fourth-order valence-electron chi connectivity index (χ4n) is 0.524. The second-order valence-electron chi connectivity index (χ2n) is 1.88. The lowest BCUT2D eigenvalue weighted by molar-refractivity contribution is 0.365. The molecule has 0 unspecified atom stereocenters. The second kappa shape index (κ2) is 7.30. The molecule has 5 heteroatoms. The maximum Gasteiger partial charge on any atom is 0.104 e. The molecule has 4 nitrogen and oxygen atoms in total. The number of nitrogens with one attached hydrogen (secondary N) is 1. The van der Waals surface area contributed by atoms with Crippen LogP contribution in [0.4, 0.5) is 0 Å². The van der Waals surface area contributed by atoms with Crippen molar-refractivity contribution in [2.45, 2.75) is 6.92 Å². The van der Waals surface area contributed by atoms with Crippen LogP contribution in [0.2, 0.25) is 0 Å². The predicted octanol–water partition coefficient (Wildman–Crippen LogP) is -0.0188. The van der Waals surface area contributed by atoms with E-state index in [9.17, 15) is 0 Å². The highest BCUT2D eigenvalue weighted by Crippen LogP contribution is 2.01. The van der Waals surface area contributed by atoms with Crippen LogP contribution in [0.25, 0.3) is 0 Å². The minimum atomic E-state index is 0.926. The van der Waals surface area contributed by atoms with E-state index in [1.54, 1.807) is 0 Å². The van der Waals surface area contributed by atoms with Crippen molar-refractivity contribution in [2.75, 3.05) is 26.7 Å². The summed E-state index contributed by atoms with van der Waals surface area (Å²) in [7, 11) is 1.93. The minimum Gasteiger partial charge on any atom is -0.316 e. The molecule has 0 spiro atoms. The molecule has 0 radical (unpaired) electrons. The summed E-state index contributed by atoms with van der Waals surface area (Å²) in [6.45, 7) is 4.97. The summed E-state index contributed by atoms with van der Waals surface area (Å²) in [5.41, 5.74) is 0. The van der Waals surface area contributed by atoms with Gasteiger partial charge in [0.2, 0.25) is 0 Å². The largest absolute Gasteiger partial charge is 0.316 e. The molecular formula is C5H15N3OS. The van der Waals surface area contributed by atoms with Gasteiger partial charge in [0.15, 0.2) is 0 Å². The van der Waals surface area contributed by atoms with Crippen LogP contribution in [0.5, 0.6) is 0 Å². The Hall–Kier alpha value is 0.190. The number of hydrogen-bond acceptors (Lipinski definition) is 5. The predicted molar refractivity (Wildman–Crippen MR) is 44.0 cm³/mol. The van der Waals surface area contributed by atoms with Crippen molar-refractivity contribution in [1.29, 1.82) is 0 Å². The van der Waals surface area contributed by atoms with Crippen molar-refractivity contribution >= 4 is 12.2 Å². The smallest absolute Gasteiger partial charge is 0.104 e. The summed E-state index contributed by atoms with van der Waals surface area (Å²) < 4.78 is 6.27. The number of hydrogen-bond donors (Lipinski definition) is 2. The number of nitrogens with two attached hydrogens (primary N) is 1. The molecule has 62 valence electrons. The first-order valence-corrected chi connectivity index (χ1v) is 3.96. The van der Waals surface area contributed by atoms with E-state index in [2.05, 4.69) is 16.5 Å². The first kappa shape index (κ1) is 10.2. The molecule has 0 aliphatic rings. The monoisotopic (exact) mass is 165 g/mol. The third-order valence-electron chi connectivity index (χ3n) is 1.02. The van der Waals surface area contributed by atoms with Crippen LogP contribution in [0.15, 0.2) is 0 Å². The zero-order chi connectivity index (χ0) is 7.82. The van der Waals surface area contributed by atoms with E-state index in [0.717, 1.165) is 31.9 Å². The average Bonchev–Trinajstić information content (AvgIpc) is 1.89. The van der Waals surface area contributed by atoms with Crippen LogP contribution >= 0.6 is 12.2 Å². The number of likely N-dealkylation sites (N-methyl/N-ethyl adjacent to an activating group) is 2. The van der Waals surface area contributed by atoms with E-state index in [1.807, 2.05) is 11.4 Å². The molecule has 0 aromatic rings. The van der Waals surface area contributed by atoms with Gasteiger partial charge in [0.25, 0.3) is 0 Å². The molecule has 0 aliphatic carbocycles. The van der Waals surface area contributed by atoms with Gasteiger partial charge in [0.1, 0.15) is 12.2 Å². The Morgan fingerprint density at radius 1 is 1.70 bits per heavy atom. The van der Waals surface area contributed by atoms with E-state index in [1.165, 1.54) is 0 Å². The van der Waals surface area contributed by atoms with Crippen LogP contribution in [0.1, 0.15) is 6.92 Å². The minimum absolute atomic E-state index is 0.926. The average molecular weight is 165 g/mol. The molecule has 0 atom stereocenters. The van der Waals surface area contributed by atoms with Gasteiger partial charge in [-0.3, -0.25) is 0 Å². The van der Waals surface area contributed by atoms with Gasteiger partial charge in [0, 0.05) is 13.1 Å². The molecule has 0 fully saturated rings. The Labute approximate surface area is 66.4 Å². The van der Waals surface area contributed by atoms with Crippen LogP contribution in [0, 0.1) is 0 Å². The van der Waals surface area contributed by atoms with E-state index in [-0.39, 0.29) is 0 Å². The lowest BCUT2D eigenvalue weighted by Gasteiger charge is -2.11. The van der Waals surface area contributed by atoms with Crippen molar-refractivity contribution in [1.82, 2.24) is 9.62 Å². The molecule has 0 aliphatic heterocycles. The van der Waals surface area contributed by atoms with Crippen molar-refractivity contribution in [2.24, 2.45) is 5.90 Å². The summed E-state index contributed by atoms with van der Waals surface area (Å²) in [5.74, 6) is 4.83. The molecule has 0 aromatic heterocycles. The molecule has 10 heavy (non-hydrogen) atoms. The maximum absolute atomic E-state index is 4.83.